The Hall–Kier alpha value is -1.54. The van der Waals surface area contributed by atoms with E-state index in [-0.39, 0.29) is 0 Å². The molecule has 0 aromatic heterocycles. The number of thioether (sulfide) groups is 1. The zero-order chi connectivity index (χ0) is 18.2. The van der Waals surface area contributed by atoms with Crippen LogP contribution in [0.1, 0.15) is 13.3 Å². The van der Waals surface area contributed by atoms with E-state index in [0.29, 0.717) is 0 Å². The third-order valence-corrected chi connectivity index (χ3v) is 5.03. The molecule has 2 aliphatic heterocycles. The van der Waals surface area contributed by atoms with Crippen molar-refractivity contribution < 1.29 is 4.74 Å². The van der Waals surface area contributed by atoms with Gasteiger partial charge in [-0.15, -0.1) is 0 Å². The number of rotatable bonds is 7. The molecule has 2 aliphatic rings. The maximum Gasteiger partial charge on any atom is 0.197 e. The van der Waals surface area contributed by atoms with Gasteiger partial charge in [0.15, 0.2) is 10.3 Å². The summed E-state index contributed by atoms with van der Waals surface area (Å²) in [5.41, 5.74) is 2.02. The van der Waals surface area contributed by atoms with Crippen LogP contribution in [-0.4, -0.2) is 54.6 Å². The highest BCUT2D eigenvalue weighted by atomic mass is 35.5. The number of nitrogens with one attached hydrogen (secondary N) is 2. The average Bonchev–Trinajstić information content (AvgIpc) is 2.63. The Labute approximate surface area is 163 Å². The molecule has 140 valence electrons. The van der Waals surface area contributed by atoms with Crippen LogP contribution >= 0.6 is 23.4 Å². The molecule has 0 bridgehead atoms. The molecular formula is C18H24ClN5OS. The summed E-state index contributed by atoms with van der Waals surface area (Å²) in [7, 11) is 0. The van der Waals surface area contributed by atoms with Crippen LogP contribution in [0.15, 0.2) is 46.1 Å². The average molecular weight is 394 g/mol. The Balaban J connectivity index is 1.34. The summed E-state index contributed by atoms with van der Waals surface area (Å²) in [5, 5.41) is 8.94. The number of morpholine rings is 1. The number of allylic oxidation sites excluding steroid dienone is 1. The molecule has 1 fully saturated rings. The number of benzene rings is 1. The van der Waals surface area contributed by atoms with Crippen LogP contribution in [-0.2, 0) is 4.74 Å². The molecule has 0 amide bonds. The van der Waals surface area contributed by atoms with Gasteiger partial charge in [-0.1, -0.05) is 11.6 Å². The van der Waals surface area contributed by atoms with Crippen LogP contribution in [0.25, 0.3) is 0 Å². The van der Waals surface area contributed by atoms with Crippen molar-refractivity contribution in [3.63, 3.8) is 0 Å². The molecule has 0 aliphatic carbocycles. The Bertz CT molecular complexity index is 683. The van der Waals surface area contributed by atoms with Crippen molar-refractivity contribution in [2.45, 2.75) is 13.3 Å². The van der Waals surface area contributed by atoms with Crippen molar-refractivity contribution in [1.29, 1.82) is 0 Å². The molecule has 0 spiro atoms. The molecule has 1 saturated heterocycles. The Morgan fingerprint density at radius 3 is 2.81 bits per heavy atom. The van der Waals surface area contributed by atoms with Crippen LogP contribution < -0.4 is 10.6 Å². The van der Waals surface area contributed by atoms with Gasteiger partial charge in [-0.2, -0.15) is 4.99 Å². The molecule has 0 atom stereocenters. The fraction of sp³-hybridized carbons (Fsp3) is 0.444. The van der Waals surface area contributed by atoms with E-state index >= 15 is 0 Å². The lowest BCUT2D eigenvalue weighted by molar-refractivity contribution is 0.0375. The fourth-order valence-electron chi connectivity index (χ4n) is 2.56. The highest BCUT2D eigenvalue weighted by molar-refractivity contribution is 8.29. The van der Waals surface area contributed by atoms with Crippen LogP contribution in [0.4, 0.5) is 5.69 Å². The molecule has 2 heterocycles. The topological polar surface area (TPSA) is 61.2 Å². The molecule has 8 heteroatoms. The van der Waals surface area contributed by atoms with Gasteiger partial charge in [-0.3, -0.25) is 4.90 Å². The largest absolute Gasteiger partial charge is 0.387 e. The Morgan fingerprint density at radius 2 is 2.08 bits per heavy atom. The van der Waals surface area contributed by atoms with Crippen molar-refractivity contribution in [3.05, 3.63) is 41.2 Å². The van der Waals surface area contributed by atoms with Gasteiger partial charge in [0.25, 0.3) is 0 Å². The smallest absolute Gasteiger partial charge is 0.197 e. The minimum Gasteiger partial charge on any atom is -0.387 e. The summed E-state index contributed by atoms with van der Waals surface area (Å²) >= 11 is 7.40. The number of halogens is 1. The van der Waals surface area contributed by atoms with Crippen LogP contribution in [0.3, 0.4) is 0 Å². The summed E-state index contributed by atoms with van der Waals surface area (Å²) in [5.74, 6) is 0. The maximum atomic E-state index is 5.87. The van der Waals surface area contributed by atoms with Crippen molar-refractivity contribution >= 4 is 39.4 Å². The lowest BCUT2D eigenvalue weighted by atomic mass is 10.3. The molecule has 2 N–H and O–H groups in total. The number of anilines is 1. The number of amidine groups is 2. The van der Waals surface area contributed by atoms with Gasteiger partial charge in [0.05, 0.1) is 13.2 Å². The second kappa shape index (κ2) is 9.97. The number of ether oxygens (including phenoxy) is 1. The Morgan fingerprint density at radius 1 is 1.35 bits per heavy atom. The van der Waals surface area contributed by atoms with Crippen LogP contribution in [0.2, 0.25) is 5.02 Å². The fourth-order valence-corrected chi connectivity index (χ4v) is 3.27. The van der Waals surface area contributed by atoms with E-state index in [1.165, 1.54) is 11.8 Å². The first-order chi connectivity index (χ1) is 12.7. The van der Waals surface area contributed by atoms with Gasteiger partial charge in [-0.05, 0) is 55.9 Å². The van der Waals surface area contributed by atoms with E-state index in [0.717, 1.165) is 72.6 Å². The minimum atomic E-state index is 0.721. The second-order valence-electron chi connectivity index (χ2n) is 6.11. The Kier molecular flexibility index (Phi) is 7.37. The van der Waals surface area contributed by atoms with Crippen molar-refractivity contribution in [3.8, 4) is 0 Å². The van der Waals surface area contributed by atoms with E-state index in [1.54, 1.807) is 0 Å². The van der Waals surface area contributed by atoms with Gasteiger partial charge in [0, 0.05) is 42.2 Å². The quantitative estimate of drug-likeness (QED) is 0.695. The van der Waals surface area contributed by atoms with E-state index in [2.05, 4.69) is 25.5 Å². The SMILES string of the molecule is CC(=CN=C1N=C(Nc2ccc(Cl)cc2)S1)NCCCN1CCOCC1. The number of hydrogen-bond donors (Lipinski definition) is 2. The predicted molar refractivity (Wildman–Crippen MR) is 111 cm³/mol. The molecule has 1 aromatic rings. The monoisotopic (exact) mass is 393 g/mol. The third-order valence-electron chi connectivity index (χ3n) is 4.01. The minimum absolute atomic E-state index is 0.721. The van der Waals surface area contributed by atoms with Crippen LogP contribution in [0.5, 0.6) is 0 Å². The van der Waals surface area contributed by atoms with Crippen molar-refractivity contribution in [2.75, 3.05) is 44.7 Å². The first kappa shape index (κ1) is 19.2. The zero-order valence-corrected chi connectivity index (χ0v) is 16.4. The summed E-state index contributed by atoms with van der Waals surface area (Å²) in [6, 6.07) is 7.54. The lowest BCUT2D eigenvalue weighted by Crippen LogP contribution is -2.37. The van der Waals surface area contributed by atoms with Gasteiger partial charge < -0.3 is 15.4 Å². The van der Waals surface area contributed by atoms with Gasteiger partial charge in [0.2, 0.25) is 0 Å². The highest BCUT2D eigenvalue weighted by Gasteiger charge is 2.16. The molecule has 6 nitrogen and oxygen atoms in total. The maximum absolute atomic E-state index is 5.87. The highest BCUT2D eigenvalue weighted by Crippen LogP contribution is 2.23. The first-order valence-corrected chi connectivity index (χ1v) is 9.96. The number of aliphatic imine (C=N–C) groups is 2. The number of hydrogen-bond acceptors (Lipinski definition) is 6. The zero-order valence-electron chi connectivity index (χ0n) is 14.9. The second-order valence-corrected chi connectivity index (χ2v) is 7.50. The van der Waals surface area contributed by atoms with Crippen molar-refractivity contribution in [1.82, 2.24) is 10.2 Å². The molecule has 1 aromatic carbocycles. The molecule has 0 saturated carbocycles. The number of nitrogens with zero attached hydrogens (tertiary/aromatic N) is 3. The van der Waals surface area contributed by atoms with Crippen molar-refractivity contribution in [2.24, 2.45) is 9.98 Å². The van der Waals surface area contributed by atoms with E-state index < -0.39 is 0 Å². The molecular weight excluding hydrogens is 370 g/mol. The summed E-state index contributed by atoms with van der Waals surface area (Å²) in [4.78, 5) is 11.2. The summed E-state index contributed by atoms with van der Waals surface area (Å²) in [6.45, 7) is 7.89. The predicted octanol–water partition coefficient (Wildman–Crippen LogP) is 3.38. The molecule has 26 heavy (non-hydrogen) atoms. The van der Waals surface area contributed by atoms with Gasteiger partial charge in [-0.25, -0.2) is 4.99 Å². The first-order valence-electron chi connectivity index (χ1n) is 8.77. The summed E-state index contributed by atoms with van der Waals surface area (Å²) in [6.07, 6.45) is 2.95. The normalized spacial score (nSPS) is 19.8. The third kappa shape index (κ3) is 6.32. The lowest BCUT2D eigenvalue weighted by Gasteiger charge is -2.26. The molecule has 3 rings (SSSR count). The van der Waals surface area contributed by atoms with E-state index in [1.807, 2.05) is 37.4 Å². The van der Waals surface area contributed by atoms with Gasteiger partial charge >= 0.3 is 0 Å². The molecule has 0 unspecified atom stereocenters. The molecule has 0 radical (unpaired) electrons. The van der Waals surface area contributed by atoms with E-state index in [9.17, 15) is 0 Å². The summed E-state index contributed by atoms with van der Waals surface area (Å²) < 4.78 is 5.36. The van der Waals surface area contributed by atoms with Gasteiger partial charge in [0.1, 0.15) is 0 Å². The van der Waals surface area contributed by atoms with Crippen LogP contribution in [0, 0.1) is 0 Å². The standard InChI is InChI=1S/C18H24ClN5OS/c1-14(20-7-2-8-24-9-11-25-12-10-24)13-21-17-23-18(26-17)22-16-5-3-15(19)4-6-16/h3-6,13,20H,2,7-12H2,1H3,(H,21,22,23). The van der Waals surface area contributed by atoms with E-state index in [4.69, 9.17) is 16.3 Å².